The number of carboxylic acids is 2. The third kappa shape index (κ3) is 4.76. The van der Waals surface area contributed by atoms with Gasteiger partial charge in [-0.2, -0.15) is 0 Å². The summed E-state index contributed by atoms with van der Waals surface area (Å²) in [6.45, 7) is 0. The van der Waals surface area contributed by atoms with E-state index in [4.69, 9.17) is 11.5 Å². The molecule has 0 aromatic rings. The molecule has 0 aromatic carbocycles. The fourth-order valence-corrected chi connectivity index (χ4v) is 2.37. The van der Waals surface area contributed by atoms with E-state index in [9.17, 15) is 19.8 Å². The van der Waals surface area contributed by atoms with Crippen molar-refractivity contribution in [3.8, 4) is 0 Å². The van der Waals surface area contributed by atoms with Crippen LogP contribution in [0.25, 0.3) is 11.5 Å². The molecular weight excluding hydrogens is 300 g/mol. The maximum absolute atomic E-state index is 10.2. The third-order valence-corrected chi connectivity index (χ3v) is 3.70. The van der Waals surface area contributed by atoms with Gasteiger partial charge in [0.05, 0.1) is 0 Å². The molecule has 6 nitrogen and oxygen atoms in total. The molecule has 0 spiro atoms. The molecule has 0 unspecified atom stereocenters. The summed E-state index contributed by atoms with van der Waals surface area (Å²) < 4.78 is 0. The third-order valence-electron chi connectivity index (χ3n) is 3.70. The molecule has 0 atom stereocenters. The Hall–Kier alpha value is -0.621. The maximum atomic E-state index is 10.2. The van der Waals surface area contributed by atoms with Crippen molar-refractivity contribution in [1.82, 2.24) is 0 Å². The van der Waals surface area contributed by atoms with Gasteiger partial charge in [0, 0.05) is 11.9 Å². The van der Waals surface area contributed by atoms with E-state index in [1.54, 1.807) is 0 Å². The Labute approximate surface area is 123 Å². The summed E-state index contributed by atoms with van der Waals surface area (Å²) in [5.41, 5.74) is 12.0. The van der Waals surface area contributed by atoms with Crippen LogP contribution in [0.1, 0.15) is 51.4 Å². The Kier molecular flexibility index (Phi) is 7.00. The summed E-state index contributed by atoms with van der Waals surface area (Å²) in [4.78, 5) is 20.4. The summed E-state index contributed by atoms with van der Waals surface area (Å²) in [6.07, 6.45) is 5.30. The average molecular weight is 318 g/mol. The number of carbonyl (C=O) groups is 2. The zero-order chi connectivity index (χ0) is 13.8. The van der Waals surface area contributed by atoms with Crippen molar-refractivity contribution in [3.63, 3.8) is 0 Å². The van der Waals surface area contributed by atoms with E-state index in [0.29, 0.717) is 25.7 Å². The van der Waals surface area contributed by atoms with Crippen molar-refractivity contribution in [2.75, 3.05) is 0 Å². The first kappa shape index (κ1) is 18.4. The van der Waals surface area contributed by atoms with Gasteiger partial charge in [0.25, 0.3) is 0 Å². The van der Waals surface area contributed by atoms with E-state index in [0.717, 1.165) is 25.7 Å². The van der Waals surface area contributed by atoms with Gasteiger partial charge in [-0.15, -0.1) is 0 Å². The largest absolute Gasteiger partial charge is 2.00 e. The zero-order valence-electron chi connectivity index (χ0n) is 10.6. The van der Waals surface area contributed by atoms with Crippen LogP contribution in [0.2, 0.25) is 0 Å². The van der Waals surface area contributed by atoms with E-state index in [1.807, 2.05) is 0 Å². The van der Waals surface area contributed by atoms with Crippen LogP contribution in [0.5, 0.6) is 0 Å². The standard InChI is InChI=1S/2C6H10NO2.Cu/c2*7-6(5(8)9)3-1-2-4-6;/h2*7H,1-4H2,(H,8,9);/q2*-1;+2/p-2. The molecule has 0 saturated heterocycles. The number of hydrogen-bond acceptors (Lipinski definition) is 4. The quantitative estimate of drug-likeness (QED) is 0.673. The van der Waals surface area contributed by atoms with E-state index in [2.05, 4.69) is 0 Å². The Bertz CT molecular complexity index is 292. The summed E-state index contributed by atoms with van der Waals surface area (Å²) in [5.74, 6) is -2.42. The Balaban J connectivity index is 0.000000324. The molecule has 0 heterocycles. The minimum atomic E-state index is -1.25. The monoisotopic (exact) mass is 317 g/mol. The van der Waals surface area contributed by atoms with Crippen molar-refractivity contribution in [3.05, 3.63) is 11.5 Å². The molecule has 0 bridgehead atoms. The Morgan fingerprint density at radius 3 is 1.05 bits per heavy atom. The fourth-order valence-electron chi connectivity index (χ4n) is 2.37. The fraction of sp³-hybridized carbons (Fsp3) is 0.833. The van der Waals surface area contributed by atoms with Gasteiger partial charge in [0.2, 0.25) is 0 Å². The molecule has 113 valence electrons. The van der Waals surface area contributed by atoms with Gasteiger partial charge in [-0.1, -0.05) is 62.4 Å². The molecule has 1 radical (unpaired) electrons. The molecule has 0 amide bonds. The molecule has 19 heavy (non-hydrogen) atoms. The summed E-state index contributed by atoms with van der Waals surface area (Å²) in [6, 6.07) is 0. The Morgan fingerprint density at radius 2 is 0.947 bits per heavy atom. The van der Waals surface area contributed by atoms with Crippen LogP contribution in [0.4, 0.5) is 0 Å². The molecule has 2 saturated carbocycles. The second-order valence-electron chi connectivity index (χ2n) is 5.15. The second-order valence-corrected chi connectivity index (χ2v) is 5.15. The number of carboxylic acid groups (broad SMARTS) is 2. The molecular formula is C12H18CuN2O4-2. The predicted octanol–water partition coefficient (Wildman–Crippen LogP) is 0.200. The summed E-state index contributed by atoms with van der Waals surface area (Å²) >= 11 is 0. The van der Waals surface area contributed by atoms with E-state index in [-0.39, 0.29) is 17.1 Å². The van der Waals surface area contributed by atoms with Gasteiger partial charge >= 0.3 is 17.1 Å². The summed E-state index contributed by atoms with van der Waals surface area (Å²) in [5, 5.41) is 20.4. The van der Waals surface area contributed by atoms with E-state index < -0.39 is 23.0 Å². The van der Waals surface area contributed by atoms with Crippen molar-refractivity contribution in [2.45, 2.75) is 62.4 Å². The molecule has 2 fully saturated rings. The van der Waals surface area contributed by atoms with E-state index >= 15 is 0 Å². The molecule has 2 aliphatic rings. The number of carbonyl (C=O) groups excluding carboxylic acids is 2. The Morgan fingerprint density at radius 1 is 0.737 bits per heavy atom. The minimum absolute atomic E-state index is 0. The van der Waals surface area contributed by atoms with Crippen LogP contribution in [0, 0.1) is 0 Å². The van der Waals surface area contributed by atoms with E-state index in [1.165, 1.54) is 0 Å². The SMILES string of the molecule is [Cu+2].[NH-]C1(C(=O)[O-])CCCC1.[NH-]C1(C(=O)[O-])CCCC1. The van der Waals surface area contributed by atoms with Gasteiger partial charge in [-0.25, -0.2) is 0 Å². The number of hydrogen-bond donors (Lipinski definition) is 0. The van der Waals surface area contributed by atoms with Crippen molar-refractivity contribution in [1.29, 1.82) is 0 Å². The van der Waals surface area contributed by atoms with Crippen molar-refractivity contribution >= 4 is 11.9 Å². The van der Waals surface area contributed by atoms with Gasteiger partial charge in [0.15, 0.2) is 0 Å². The molecule has 2 rings (SSSR count). The number of rotatable bonds is 2. The van der Waals surface area contributed by atoms with Gasteiger partial charge in [0.1, 0.15) is 0 Å². The average Bonchev–Trinajstić information content (AvgIpc) is 2.90. The van der Waals surface area contributed by atoms with Gasteiger partial charge in [-0.05, 0) is 0 Å². The second kappa shape index (κ2) is 7.24. The zero-order valence-corrected chi connectivity index (χ0v) is 11.5. The first-order valence-corrected chi connectivity index (χ1v) is 6.23. The van der Waals surface area contributed by atoms with Crippen LogP contribution in [-0.4, -0.2) is 23.0 Å². The first-order chi connectivity index (χ1) is 8.30. The molecule has 2 aliphatic carbocycles. The van der Waals surface area contributed by atoms with Gasteiger partial charge in [-0.3, -0.25) is 0 Å². The number of nitrogens with one attached hydrogen (secondary N) is 2. The maximum Gasteiger partial charge on any atom is 2.00 e. The smallest absolute Gasteiger partial charge is 0.667 e. The van der Waals surface area contributed by atoms with Crippen LogP contribution >= 0.6 is 0 Å². The predicted molar refractivity (Wildman–Crippen MR) is 61.1 cm³/mol. The first-order valence-electron chi connectivity index (χ1n) is 6.23. The molecule has 7 heteroatoms. The van der Waals surface area contributed by atoms with Crippen LogP contribution in [0.15, 0.2) is 0 Å². The number of aliphatic carboxylic acids is 2. The topological polar surface area (TPSA) is 128 Å². The van der Waals surface area contributed by atoms with Crippen LogP contribution in [-0.2, 0) is 26.7 Å². The molecule has 0 aromatic heterocycles. The summed E-state index contributed by atoms with van der Waals surface area (Å²) in [7, 11) is 0. The van der Waals surface area contributed by atoms with Crippen LogP contribution in [0.3, 0.4) is 0 Å². The van der Waals surface area contributed by atoms with Crippen molar-refractivity contribution < 1.29 is 36.9 Å². The molecule has 2 N–H and O–H groups in total. The van der Waals surface area contributed by atoms with Gasteiger partial charge < -0.3 is 31.3 Å². The minimum Gasteiger partial charge on any atom is -0.667 e. The normalized spacial score (nSPS) is 22.8. The van der Waals surface area contributed by atoms with Crippen molar-refractivity contribution in [2.24, 2.45) is 0 Å². The van der Waals surface area contributed by atoms with Crippen LogP contribution < -0.4 is 10.2 Å². The molecule has 0 aliphatic heterocycles.